The Hall–Kier alpha value is -1.36. The fourth-order valence-corrected chi connectivity index (χ4v) is 1.81. The molecule has 1 atom stereocenters. The van der Waals surface area contributed by atoms with E-state index in [0.717, 1.165) is 25.1 Å². The Morgan fingerprint density at radius 3 is 2.71 bits per heavy atom. The maximum Gasteiger partial charge on any atom is 0.119 e. The molecule has 0 saturated carbocycles. The molecule has 0 fully saturated rings. The van der Waals surface area contributed by atoms with Crippen LogP contribution >= 0.6 is 0 Å². The predicted molar refractivity (Wildman–Crippen MR) is 85.8 cm³/mol. The van der Waals surface area contributed by atoms with Crippen molar-refractivity contribution in [2.45, 2.75) is 25.9 Å². The summed E-state index contributed by atoms with van der Waals surface area (Å²) in [7, 11) is 0. The van der Waals surface area contributed by atoms with Gasteiger partial charge in [0, 0.05) is 6.54 Å². The first kappa shape index (κ1) is 17.7. The van der Waals surface area contributed by atoms with E-state index in [-0.39, 0.29) is 6.10 Å². The van der Waals surface area contributed by atoms with E-state index in [1.165, 1.54) is 5.56 Å². The lowest BCUT2D eigenvalue weighted by molar-refractivity contribution is 0.166. The molecule has 0 saturated heterocycles. The van der Waals surface area contributed by atoms with Crippen molar-refractivity contribution in [2.24, 2.45) is 0 Å². The van der Waals surface area contributed by atoms with E-state index >= 15 is 0 Å². The van der Waals surface area contributed by atoms with E-state index in [4.69, 9.17) is 14.6 Å². The van der Waals surface area contributed by atoms with Gasteiger partial charge in [-0.25, -0.2) is 0 Å². The van der Waals surface area contributed by atoms with Crippen molar-refractivity contribution in [3.63, 3.8) is 0 Å². The topological polar surface area (TPSA) is 50.7 Å². The van der Waals surface area contributed by atoms with E-state index in [2.05, 4.69) is 24.0 Å². The second-order valence-corrected chi connectivity index (χ2v) is 5.01. The van der Waals surface area contributed by atoms with Gasteiger partial charge in [0.25, 0.3) is 0 Å². The van der Waals surface area contributed by atoms with Crippen molar-refractivity contribution < 1.29 is 14.6 Å². The lowest BCUT2D eigenvalue weighted by Crippen LogP contribution is -2.26. The molecule has 0 aliphatic rings. The molecule has 118 valence electrons. The predicted octanol–water partition coefficient (Wildman–Crippen LogP) is 2.17. The highest BCUT2D eigenvalue weighted by molar-refractivity contribution is 5.27. The van der Waals surface area contributed by atoms with E-state index < -0.39 is 0 Å². The Kier molecular flexibility index (Phi) is 9.53. The highest BCUT2D eigenvalue weighted by Crippen LogP contribution is 2.12. The SMILES string of the molecule is C=CCOCCc1ccc(OCCCNCC(C)O)cc1. The summed E-state index contributed by atoms with van der Waals surface area (Å²) in [5.41, 5.74) is 1.24. The molecule has 0 bridgehead atoms. The maximum atomic E-state index is 9.10. The number of ether oxygens (including phenoxy) is 2. The van der Waals surface area contributed by atoms with Gasteiger partial charge < -0.3 is 19.9 Å². The van der Waals surface area contributed by atoms with Crippen LogP contribution in [0.15, 0.2) is 36.9 Å². The van der Waals surface area contributed by atoms with Crippen molar-refractivity contribution in [3.05, 3.63) is 42.5 Å². The number of benzene rings is 1. The molecule has 0 heterocycles. The first-order valence-electron chi connectivity index (χ1n) is 7.51. The van der Waals surface area contributed by atoms with Crippen molar-refractivity contribution in [2.75, 3.05) is 32.9 Å². The van der Waals surface area contributed by atoms with Crippen LogP contribution in [0.2, 0.25) is 0 Å². The van der Waals surface area contributed by atoms with Crippen molar-refractivity contribution in [1.82, 2.24) is 5.32 Å². The van der Waals surface area contributed by atoms with Crippen LogP contribution in [0.4, 0.5) is 0 Å². The first-order valence-corrected chi connectivity index (χ1v) is 7.51. The Morgan fingerprint density at radius 2 is 2.05 bits per heavy atom. The van der Waals surface area contributed by atoms with E-state index in [1.54, 1.807) is 13.0 Å². The van der Waals surface area contributed by atoms with Crippen LogP contribution in [0.1, 0.15) is 18.9 Å². The fourth-order valence-electron chi connectivity index (χ4n) is 1.81. The van der Waals surface area contributed by atoms with Gasteiger partial charge in [-0.05, 0) is 44.0 Å². The van der Waals surface area contributed by atoms with Gasteiger partial charge in [0.2, 0.25) is 0 Å². The Morgan fingerprint density at radius 1 is 1.29 bits per heavy atom. The number of nitrogens with one attached hydrogen (secondary N) is 1. The highest BCUT2D eigenvalue weighted by atomic mass is 16.5. The van der Waals surface area contributed by atoms with E-state index in [9.17, 15) is 0 Å². The van der Waals surface area contributed by atoms with Crippen LogP contribution in [-0.4, -0.2) is 44.1 Å². The summed E-state index contributed by atoms with van der Waals surface area (Å²) >= 11 is 0. The molecule has 0 amide bonds. The smallest absolute Gasteiger partial charge is 0.119 e. The summed E-state index contributed by atoms with van der Waals surface area (Å²) in [6.45, 7) is 8.85. The van der Waals surface area contributed by atoms with Crippen molar-refractivity contribution in [1.29, 1.82) is 0 Å². The number of aliphatic hydroxyl groups excluding tert-OH is 1. The van der Waals surface area contributed by atoms with E-state index in [0.29, 0.717) is 26.4 Å². The third kappa shape index (κ3) is 9.24. The van der Waals surface area contributed by atoms with Gasteiger partial charge in [0.1, 0.15) is 5.75 Å². The normalized spacial score (nSPS) is 12.1. The standard InChI is InChI=1S/C17H27NO3/c1-3-11-20-13-9-16-5-7-17(8-6-16)21-12-4-10-18-14-15(2)19/h3,5-8,15,18-19H,1,4,9-14H2,2H3. The summed E-state index contributed by atoms with van der Waals surface area (Å²) < 4.78 is 11.0. The van der Waals surface area contributed by atoms with Gasteiger partial charge in [-0.1, -0.05) is 18.2 Å². The monoisotopic (exact) mass is 293 g/mol. The lowest BCUT2D eigenvalue weighted by Gasteiger charge is -2.09. The second kappa shape index (κ2) is 11.3. The molecular weight excluding hydrogens is 266 g/mol. The number of rotatable bonds is 12. The number of hydrogen-bond donors (Lipinski definition) is 2. The molecule has 1 rings (SSSR count). The molecule has 1 aromatic carbocycles. The maximum absolute atomic E-state index is 9.10. The summed E-state index contributed by atoms with van der Waals surface area (Å²) in [4.78, 5) is 0. The summed E-state index contributed by atoms with van der Waals surface area (Å²) in [6, 6.07) is 8.12. The first-order chi connectivity index (χ1) is 10.2. The van der Waals surface area contributed by atoms with Crippen LogP contribution in [0.3, 0.4) is 0 Å². The second-order valence-electron chi connectivity index (χ2n) is 5.01. The Bertz CT molecular complexity index is 376. The minimum Gasteiger partial charge on any atom is -0.494 e. The minimum atomic E-state index is -0.297. The zero-order chi connectivity index (χ0) is 15.3. The Balaban J connectivity index is 2.11. The molecule has 4 heteroatoms. The van der Waals surface area contributed by atoms with E-state index in [1.807, 2.05) is 12.1 Å². The minimum absolute atomic E-state index is 0.297. The summed E-state index contributed by atoms with van der Waals surface area (Å²) in [6.07, 6.45) is 3.28. The molecule has 0 aliphatic heterocycles. The van der Waals surface area contributed by atoms with Crippen LogP contribution in [0, 0.1) is 0 Å². The molecule has 1 aromatic rings. The quantitative estimate of drug-likeness (QED) is 0.458. The number of aliphatic hydroxyl groups is 1. The molecular formula is C17H27NO3. The van der Waals surface area contributed by atoms with Crippen LogP contribution in [0.5, 0.6) is 5.75 Å². The largest absolute Gasteiger partial charge is 0.494 e. The zero-order valence-electron chi connectivity index (χ0n) is 12.9. The zero-order valence-corrected chi connectivity index (χ0v) is 12.9. The third-order valence-electron chi connectivity index (χ3n) is 2.90. The van der Waals surface area contributed by atoms with Gasteiger partial charge in [-0.2, -0.15) is 0 Å². The molecule has 0 aliphatic carbocycles. The van der Waals surface area contributed by atoms with Crippen molar-refractivity contribution >= 4 is 0 Å². The highest BCUT2D eigenvalue weighted by Gasteiger charge is 1.97. The molecule has 21 heavy (non-hydrogen) atoms. The molecule has 2 N–H and O–H groups in total. The fraction of sp³-hybridized carbons (Fsp3) is 0.529. The summed E-state index contributed by atoms with van der Waals surface area (Å²) in [5, 5.41) is 12.3. The molecule has 0 aromatic heterocycles. The van der Waals surface area contributed by atoms with Crippen LogP contribution in [-0.2, 0) is 11.2 Å². The van der Waals surface area contributed by atoms with Crippen LogP contribution in [0.25, 0.3) is 0 Å². The van der Waals surface area contributed by atoms with Crippen LogP contribution < -0.4 is 10.1 Å². The van der Waals surface area contributed by atoms with Gasteiger partial charge >= 0.3 is 0 Å². The summed E-state index contributed by atoms with van der Waals surface area (Å²) in [5.74, 6) is 0.890. The molecule has 0 spiro atoms. The molecule has 4 nitrogen and oxygen atoms in total. The van der Waals surface area contributed by atoms with Gasteiger partial charge in [-0.15, -0.1) is 6.58 Å². The molecule has 1 unspecified atom stereocenters. The van der Waals surface area contributed by atoms with Gasteiger partial charge in [0.15, 0.2) is 0 Å². The Labute approximate surface area is 127 Å². The van der Waals surface area contributed by atoms with Crippen molar-refractivity contribution in [3.8, 4) is 5.75 Å². The van der Waals surface area contributed by atoms with Gasteiger partial charge in [0.05, 0.1) is 25.9 Å². The lowest BCUT2D eigenvalue weighted by atomic mass is 10.1. The average molecular weight is 293 g/mol. The third-order valence-corrected chi connectivity index (χ3v) is 2.90. The average Bonchev–Trinajstić information content (AvgIpc) is 2.48. The molecule has 0 radical (unpaired) electrons. The van der Waals surface area contributed by atoms with Gasteiger partial charge in [-0.3, -0.25) is 0 Å². The number of hydrogen-bond acceptors (Lipinski definition) is 4.